The Morgan fingerprint density at radius 2 is 0.598 bits per heavy atom. The Hall–Kier alpha value is -4.63. The summed E-state index contributed by atoms with van der Waals surface area (Å²) in [5.74, 6) is -0.862. The Kier molecular flexibility index (Phi) is 66.7. The van der Waals surface area contributed by atoms with E-state index < -0.39 is 32.5 Å². The Bertz CT molecular complexity index is 2030. The van der Waals surface area contributed by atoms with Crippen LogP contribution in [0, 0.1) is 0 Å². The molecule has 9 nitrogen and oxygen atoms in total. The van der Waals surface area contributed by atoms with E-state index in [2.05, 4.69) is 184 Å². The van der Waals surface area contributed by atoms with Crippen molar-refractivity contribution in [2.45, 2.75) is 277 Å². The summed E-state index contributed by atoms with van der Waals surface area (Å²) >= 11 is 0. The van der Waals surface area contributed by atoms with Crippen LogP contribution in [0.3, 0.4) is 0 Å². The highest BCUT2D eigenvalue weighted by Crippen LogP contribution is 2.43. The monoisotopic (exact) mass is 1220 g/mol. The molecule has 0 heterocycles. The van der Waals surface area contributed by atoms with E-state index >= 15 is 0 Å². The molecule has 10 heteroatoms. The van der Waals surface area contributed by atoms with Crippen LogP contribution in [0.15, 0.2) is 170 Å². The number of rotatable bonds is 63. The van der Waals surface area contributed by atoms with Crippen LogP contribution in [0.25, 0.3) is 0 Å². The number of carbonyl (C=O) groups is 2. The maximum atomic E-state index is 12.7. The van der Waals surface area contributed by atoms with Gasteiger partial charge in [0.1, 0.15) is 6.61 Å². The van der Waals surface area contributed by atoms with Gasteiger partial charge in [0.15, 0.2) is 6.10 Å². The van der Waals surface area contributed by atoms with Crippen LogP contribution in [0.5, 0.6) is 0 Å². The molecule has 87 heavy (non-hydrogen) atoms. The minimum absolute atomic E-state index is 0.0411. The number of nitrogens with two attached hydrogens (primary N) is 1. The second-order valence-electron chi connectivity index (χ2n) is 22.3. The summed E-state index contributed by atoms with van der Waals surface area (Å²) in [4.78, 5) is 35.3. The number of phosphoric acid groups is 1. The van der Waals surface area contributed by atoms with Crippen molar-refractivity contribution in [2.75, 3.05) is 26.4 Å². The second-order valence-corrected chi connectivity index (χ2v) is 23.7. The molecule has 0 aromatic rings. The number of unbranched alkanes of at least 4 members (excludes halogenated alkanes) is 22. The van der Waals surface area contributed by atoms with E-state index in [0.29, 0.717) is 6.42 Å². The normalized spacial score (nSPS) is 14.0. The van der Waals surface area contributed by atoms with Crippen molar-refractivity contribution in [3.63, 3.8) is 0 Å². The van der Waals surface area contributed by atoms with Gasteiger partial charge < -0.3 is 20.1 Å². The van der Waals surface area contributed by atoms with Gasteiger partial charge in [-0.2, -0.15) is 0 Å². The highest BCUT2D eigenvalue weighted by Gasteiger charge is 2.26. The molecular formula is C77H126NO8P. The molecule has 0 amide bonds. The zero-order chi connectivity index (χ0) is 63.0. The quantitative estimate of drug-likeness (QED) is 0.0264. The number of ether oxygens (including phenoxy) is 2. The van der Waals surface area contributed by atoms with Crippen molar-refractivity contribution < 1.29 is 37.6 Å². The maximum Gasteiger partial charge on any atom is 0.472 e. The third-order valence-electron chi connectivity index (χ3n) is 14.1. The third kappa shape index (κ3) is 70.3. The number of carbonyl (C=O) groups excluding carboxylic acids is 2. The zero-order valence-electron chi connectivity index (χ0n) is 55.2. The molecule has 0 aliphatic heterocycles. The van der Waals surface area contributed by atoms with Gasteiger partial charge >= 0.3 is 19.8 Å². The lowest BCUT2D eigenvalue weighted by Crippen LogP contribution is -2.29. The summed E-state index contributed by atoms with van der Waals surface area (Å²) in [5.41, 5.74) is 5.40. The van der Waals surface area contributed by atoms with Crippen molar-refractivity contribution >= 4 is 19.8 Å². The average Bonchev–Trinajstić information content (AvgIpc) is 3.63. The van der Waals surface area contributed by atoms with Gasteiger partial charge in [-0.1, -0.05) is 300 Å². The van der Waals surface area contributed by atoms with Crippen molar-refractivity contribution in [3.8, 4) is 0 Å². The number of esters is 2. The van der Waals surface area contributed by atoms with Crippen molar-refractivity contribution in [3.05, 3.63) is 170 Å². The molecule has 0 aromatic heterocycles. The van der Waals surface area contributed by atoms with E-state index in [1.54, 1.807) is 0 Å². The first kappa shape index (κ1) is 82.4. The molecule has 3 N–H and O–H groups in total. The predicted molar refractivity (Wildman–Crippen MR) is 376 cm³/mol. The predicted octanol–water partition coefficient (Wildman–Crippen LogP) is 23.0. The summed E-state index contributed by atoms with van der Waals surface area (Å²) in [6.45, 7) is 3.48. The minimum atomic E-state index is -4.41. The molecule has 0 saturated heterocycles. The molecule has 2 atom stereocenters. The molecule has 492 valence electrons. The topological polar surface area (TPSA) is 134 Å². The molecule has 0 fully saturated rings. The van der Waals surface area contributed by atoms with Gasteiger partial charge in [0, 0.05) is 19.4 Å². The van der Waals surface area contributed by atoms with Crippen molar-refractivity contribution in [1.82, 2.24) is 0 Å². The lowest BCUT2D eigenvalue weighted by Gasteiger charge is -2.19. The van der Waals surface area contributed by atoms with Crippen LogP contribution in [-0.2, 0) is 32.7 Å². The molecule has 0 saturated carbocycles. The van der Waals surface area contributed by atoms with E-state index in [1.165, 1.54) is 103 Å². The number of hydrogen-bond donors (Lipinski definition) is 2. The summed E-state index contributed by atoms with van der Waals surface area (Å²) in [5, 5.41) is 0. The summed E-state index contributed by atoms with van der Waals surface area (Å²) in [6, 6.07) is 0. The first-order valence-corrected chi connectivity index (χ1v) is 36.1. The zero-order valence-corrected chi connectivity index (χ0v) is 56.1. The van der Waals surface area contributed by atoms with Gasteiger partial charge in [-0.05, 0) is 128 Å². The smallest absolute Gasteiger partial charge is 0.462 e. The van der Waals surface area contributed by atoms with Gasteiger partial charge in [0.05, 0.1) is 13.2 Å². The van der Waals surface area contributed by atoms with E-state index in [-0.39, 0.29) is 32.6 Å². The largest absolute Gasteiger partial charge is 0.472 e. The summed E-state index contributed by atoms with van der Waals surface area (Å²) in [7, 11) is -4.41. The summed E-state index contributed by atoms with van der Waals surface area (Å²) in [6.07, 6.45) is 104. The molecular weight excluding hydrogens is 1100 g/mol. The molecule has 2 unspecified atom stereocenters. The number of hydrogen-bond acceptors (Lipinski definition) is 8. The lowest BCUT2D eigenvalue weighted by molar-refractivity contribution is -0.161. The van der Waals surface area contributed by atoms with Crippen LogP contribution < -0.4 is 5.73 Å². The van der Waals surface area contributed by atoms with Crippen LogP contribution >= 0.6 is 7.82 Å². The molecule has 0 radical (unpaired) electrons. The second kappa shape index (κ2) is 70.5. The Balaban J connectivity index is 3.96. The van der Waals surface area contributed by atoms with Gasteiger partial charge in [0.2, 0.25) is 0 Å². The average molecular weight is 1220 g/mol. The SMILES string of the molecule is CC/C=C\C/C=C\C/C=C\C/C=C\C/C=C\C/C=C\C/C=C\C/C=C\CCCCCCC(=O)OC(COC(=O)CCCCCCCCCCCCCCCCCCCC/C=C\C/C=C\C/C=C\C/C=C\C/C=C\C/C=C\CC)COP(=O)(O)OCCN. The molecule has 0 spiro atoms. The van der Waals surface area contributed by atoms with Crippen molar-refractivity contribution in [2.24, 2.45) is 5.73 Å². The Labute approximate surface area is 533 Å². The van der Waals surface area contributed by atoms with Crippen LogP contribution in [0.4, 0.5) is 0 Å². The maximum absolute atomic E-state index is 12.7. The van der Waals surface area contributed by atoms with E-state index in [0.717, 1.165) is 135 Å². The molecule has 0 rings (SSSR count). The molecule has 0 aromatic carbocycles. The number of phosphoric ester groups is 1. The first-order chi connectivity index (χ1) is 42.8. The standard InChI is InChI=1S/C77H126NO8P/c1-3-5-7-9-11-13-15-17-19-21-23-25-27-29-31-33-34-35-36-37-38-39-40-42-43-45-47-49-51-53-55-57-59-61-63-65-67-69-76(79)83-73-75(74-85-87(81,82)84-72-71-78)86-77(80)70-68-66-64-62-60-58-56-54-52-50-48-46-44-41-32-30-28-26-24-22-20-18-16-14-12-10-8-6-4-2/h5-8,11-14,17-20,23-26,29-32,34-35,44,46,50,52,56,58,75H,3-4,9-10,15-16,21-22,27-28,33,36-43,45,47-49,51,53-55,57,59-74,78H2,1-2H3,(H,81,82)/b7-5-,8-6-,13-11-,14-12-,19-17-,20-18-,25-23-,26-24-,31-29-,32-30-,35-34-,46-44-,52-50-,58-56-. The van der Waals surface area contributed by atoms with Gasteiger partial charge in [-0.25, -0.2) is 4.57 Å². The van der Waals surface area contributed by atoms with Crippen LogP contribution in [0.1, 0.15) is 271 Å². The number of allylic oxidation sites excluding steroid dienone is 28. The molecule has 0 aliphatic carbocycles. The van der Waals surface area contributed by atoms with E-state index in [1.807, 2.05) is 0 Å². The minimum Gasteiger partial charge on any atom is -0.462 e. The van der Waals surface area contributed by atoms with Gasteiger partial charge in [-0.15, -0.1) is 0 Å². The van der Waals surface area contributed by atoms with E-state index in [4.69, 9.17) is 24.3 Å². The third-order valence-corrected chi connectivity index (χ3v) is 15.1. The molecule has 0 aliphatic rings. The molecule has 0 bridgehead atoms. The fraction of sp³-hybridized carbons (Fsp3) is 0.610. The fourth-order valence-corrected chi connectivity index (χ4v) is 9.83. The highest BCUT2D eigenvalue weighted by atomic mass is 31.2. The first-order valence-electron chi connectivity index (χ1n) is 34.6. The van der Waals surface area contributed by atoms with Crippen LogP contribution in [0.2, 0.25) is 0 Å². The Morgan fingerprint density at radius 1 is 0.345 bits per heavy atom. The highest BCUT2D eigenvalue weighted by molar-refractivity contribution is 7.47. The van der Waals surface area contributed by atoms with Crippen molar-refractivity contribution in [1.29, 1.82) is 0 Å². The summed E-state index contributed by atoms with van der Waals surface area (Å²) < 4.78 is 33.1. The fourth-order valence-electron chi connectivity index (χ4n) is 9.07. The van der Waals surface area contributed by atoms with Gasteiger partial charge in [-0.3, -0.25) is 18.6 Å². The van der Waals surface area contributed by atoms with Crippen LogP contribution in [-0.4, -0.2) is 49.3 Å². The van der Waals surface area contributed by atoms with E-state index in [9.17, 15) is 19.0 Å². The Morgan fingerprint density at radius 3 is 0.885 bits per heavy atom. The van der Waals surface area contributed by atoms with Gasteiger partial charge in [0.25, 0.3) is 0 Å². The lowest BCUT2D eigenvalue weighted by atomic mass is 10.0.